The van der Waals surface area contributed by atoms with E-state index in [2.05, 4.69) is 17.2 Å². The van der Waals surface area contributed by atoms with Gasteiger partial charge in [0, 0.05) is 19.9 Å². The van der Waals surface area contributed by atoms with Gasteiger partial charge in [0.1, 0.15) is 12.4 Å². The molecule has 1 aromatic carbocycles. The summed E-state index contributed by atoms with van der Waals surface area (Å²) in [6.45, 7) is 2.85. The van der Waals surface area contributed by atoms with Crippen LogP contribution in [-0.2, 0) is 32.1 Å². The highest BCUT2D eigenvalue weighted by molar-refractivity contribution is 5.95. The number of methoxy groups -OCH3 is 1. The van der Waals surface area contributed by atoms with E-state index < -0.39 is 11.3 Å². The lowest BCUT2D eigenvalue weighted by Gasteiger charge is -2.31. The van der Waals surface area contributed by atoms with Crippen molar-refractivity contribution >= 4 is 17.7 Å². The maximum Gasteiger partial charge on any atom is 0.309 e. The Labute approximate surface area is 203 Å². The van der Waals surface area contributed by atoms with Gasteiger partial charge in [0.05, 0.1) is 11.3 Å². The lowest BCUT2D eigenvalue weighted by molar-refractivity contribution is -0.152. The second kappa shape index (κ2) is 13.2. The molecule has 1 amide bonds. The molecule has 0 saturated heterocycles. The second-order valence-electron chi connectivity index (χ2n) is 9.37. The Morgan fingerprint density at radius 1 is 1.12 bits per heavy atom. The lowest BCUT2D eigenvalue weighted by atomic mass is 9.76. The maximum atomic E-state index is 13.5. The summed E-state index contributed by atoms with van der Waals surface area (Å²) in [7, 11) is 1.63. The van der Waals surface area contributed by atoms with Crippen molar-refractivity contribution in [3.05, 3.63) is 59.8 Å². The largest absolute Gasteiger partial charge is 0.461 e. The fourth-order valence-electron chi connectivity index (χ4n) is 4.79. The zero-order valence-electron chi connectivity index (χ0n) is 20.6. The van der Waals surface area contributed by atoms with E-state index in [1.54, 1.807) is 13.3 Å². The number of carbonyl (C=O) groups excluding carboxylic acids is 2. The number of nitrogens with one attached hydrogen (secondary N) is 1. The molecular weight excluding hydrogens is 428 g/mol. The molecule has 1 heterocycles. The van der Waals surface area contributed by atoms with Gasteiger partial charge in [-0.15, -0.1) is 0 Å². The molecule has 3 rings (SSSR count). The first-order valence-electron chi connectivity index (χ1n) is 12.5. The monoisotopic (exact) mass is 466 g/mol. The first kappa shape index (κ1) is 25.9. The van der Waals surface area contributed by atoms with Crippen LogP contribution in [0.3, 0.4) is 0 Å². The van der Waals surface area contributed by atoms with E-state index in [0.717, 1.165) is 50.5 Å². The predicted molar refractivity (Wildman–Crippen MR) is 133 cm³/mol. The van der Waals surface area contributed by atoms with Crippen molar-refractivity contribution in [1.82, 2.24) is 4.98 Å². The third-order valence-corrected chi connectivity index (χ3v) is 6.79. The third kappa shape index (κ3) is 7.39. The van der Waals surface area contributed by atoms with E-state index in [-0.39, 0.29) is 18.5 Å². The van der Waals surface area contributed by atoms with Gasteiger partial charge in [0.15, 0.2) is 0 Å². The van der Waals surface area contributed by atoms with E-state index in [1.165, 1.54) is 5.56 Å². The molecule has 34 heavy (non-hydrogen) atoms. The van der Waals surface area contributed by atoms with Crippen molar-refractivity contribution in [2.24, 2.45) is 11.3 Å². The third-order valence-electron chi connectivity index (χ3n) is 6.79. The molecule has 184 valence electrons. The van der Waals surface area contributed by atoms with E-state index in [0.29, 0.717) is 25.3 Å². The van der Waals surface area contributed by atoms with E-state index in [4.69, 9.17) is 9.47 Å². The van der Waals surface area contributed by atoms with Crippen LogP contribution in [0.1, 0.15) is 69.4 Å². The molecule has 1 aliphatic rings. The van der Waals surface area contributed by atoms with Gasteiger partial charge in [-0.1, -0.05) is 56.5 Å². The number of rotatable bonds is 13. The van der Waals surface area contributed by atoms with Crippen LogP contribution in [0.25, 0.3) is 0 Å². The summed E-state index contributed by atoms with van der Waals surface area (Å²) in [6, 6.07) is 13.6. The Kier molecular flexibility index (Phi) is 10.1. The number of benzene rings is 1. The number of nitrogens with zero attached hydrogens (tertiary/aromatic N) is 1. The summed E-state index contributed by atoms with van der Waals surface area (Å²) in [6.07, 6.45) is 9.44. The molecule has 1 N–H and O–H groups in total. The standard InChI is InChI=1S/C28H38N2O4/c1-3-4-10-22-13-17-29-25(19-22)30-27(32)28(15-8-9-16-28)20-24(14-18-33-2)26(31)34-21-23-11-6-5-7-12-23/h5-7,11-13,17,19,24H,3-4,8-10,14-16,18,20-21H2,1-2H3,(H,29,30,32). The van der Waals surface area contributed by atoms with Crippen molar-refractivity contribution < 1.29 is 19.1 Å². The molecule has 1 saturated carbocycles. The Morgan fingerprint density at radius 3 is 2.59 bits per heavy atom. The quantitative estimate of drug-likeness (QED) is 0.383. The molecule has 1 unspecified atom stereocenters. The summed E-state index contributed by atoms with van der Waals surface area (Å²) >= 11 is 0. The number of esters is 1. The van der Waals surface area contributed by atoms with Crippen molar-refractivity contribution in [2.45, 2.75) is 71.3 Å². The number of aromatic nitrogens is 1. The van der Waals surface area contributed by atoms with Crippen LogP contribution in [0.5, 0.6) is 0 Å². The van der Waals surface area contributed by atoms with Gasteiger partial charge < -0.3 is 14.8 Å². The van der Waals surface area contributed by atoms with Gasteiger partial charge in [-0.05, 0) is 61.8 Å². The first-order valence-corrected chi connectivity index (χ1v) is 12.5. The molecule has 1 aliphatic carbocycles. The molecule has 1 atom stereocenters. The highest BCUT2D eigenvalue weighted by atomic mass is 16.5. The number of unbranched alkanes of at least 4 members (excludes halogenated alkanes) is 1. The number of ether oxygens (including phenoxy) is 2. The van der Waals surface area contributed by atoms with Crippen molar-refractivity contribution in [3.63, 3.8) is 0 Å². The molecular formula is C28H38N2O4. The van der Waals surface area contributed by atoms with Crippen LogP contribution in [0, 0.1) is 11.3 Å². The Morgan fingerprint density at radius 2 is 1.88 bits per heavy atom. The van der Waals surface area contributed by atoms with E-state index >= 15 is 0 Å². The van der Waals surface area contributed by atoms with Gasteiger partial charge in [-0.3, -0.25) is 9.59 Å². The molecule has 0 radical (unpaired) electrons. The van der Waals surface area contributed by atoms with E-state index in [9.17, 15) is 9.59 Å². The highest BCUT2D eigenvalue weighted by Crippen LogP contribution is 2.45. The zero-order chi connectivity index (χ0) is 24.2. The average Bonchev–Trinajstić information content (AvgIpc) is 3.34. The molecule has 2 aromatic rings. The molecule has 1 fully saturated rings. The molecule has 6 nitrogen and oxygen atoms in total. The highest BCUT2D eigenvalue weighted by Gasteiger charge is 2.44. The number of carbonyl (C=O) groups is 2. The van der Waals surface area contributed by atoms with Gasteiger partial charge >= 0.3 is 5.97 Å². The number of hydrogen-bond acceptors (Lipinski definition) is 5. The molecule has 6 heteroatoms. The number of aryl methyl sites for hydroxylation is 1. The van der Waals surface area contributed by atoms with Crippen molar-refractivity contribution in [1.29, 1.82) is 0 Å². The van der Waals surface area contributed by atoms with Crippen LogP contribution in [-0.4, -0.2) is 30.6 Å². The number of pyridine rings is 1. The van der Waals surface area contributed by atoms with Crippen LogP contribution in [0.15, 0.2) is 48.7 Å². The zero-order valence-corrected chi connectivity index (χ0v) is 20.6. The Hall–Kier alpha value is -2.73. The average molecular weight is 467 g/mol. The topological polar surface area (TPSA) is 77.5 Å². The number of amides is 1. The van der Waals surface area contributed by atoms with Gasteiger partial charge in [0.25, 0.3) is 0 Å². The Balaban J connectivity index is 1.70. The first-order chi connectivity index (χ1) is 16.6. The molecule has 0 bridgehead atoms. The number of hydrogen-bond donors (Lipinski definition) is 1. The smallest absolute Gasteiger partial charge is 0.309 e. The normalized spacial score (nSPS) is 15.6. The van der Waals surface area contributed by atoms with E-state index in [1.807, 2.05) is 42.5 Å². The van der Waals surface area contributed by atoms with Crippen LogP contribution in [0.2, 0.25) is 0 Å². The van der Waals surface area contributed by atoms with Gasteiger partial charge in [-0.2, -0.15) is 0 Å². The SMILES string of the molecule is CCCCc1ccnc(NC(=O)C2(CC(CCOC)C(=O)OCc3ccccc3)CCCC2)c1. The van der Waals surface area contributed by atoms with Gasteiger partial charge in [0.2, 0.25) is 5.91 Å². The molecule has 0 spiro atoms. The van der Waals surface area contributed by atoms with Crippen LogP contribution >= 0.6 is 0 Å². The fraction of sp³-hybridized carbons (Fsp3) is 0.536. The fourth-order valence-corrected chi connectivity index (χ4v) is 4.79. The molecule has 0 aliphatic heterocycles. The Bertz CT molecular complexity index is 910. The predicted octanol–water partition coefficient (Wildman–Crippen LogP) is 5.71. The second-order valence-corrected chi connectivity index (χ2v) is 9.37. The summed E-state index contributed by atoms with van der Waals surface area (Å²) in [5.41, 5.74) is 1.53. The molecule has 1 aromatic heterocycles. The summed E-state index contributed by atoms with van der Waals surface area (Å²) in [5.74, 6) is -0.107. The summed E-state index contributed by atoms with van der Waals surface area (Å²) < 4.78 is 10.9. The number of anilines is 1. The van der Waals surface area contributed by atoms with Gasteiger partial charge in [-0.25, -0.2) is 4.98 Å². The lowest BCUT2D eigenvalue weighted by Crippen LogP contribution is -2.38. The minimum absolute atomic E-state index is 0.0385. The minimum Gasteiger partial charge on any atom is -0.461 e. The minimum atomic E-state index is -0.592. The summed E-state index contributed by atoms with van der Waals surface area (Å²) in [4.78, 5) is 31.0. The van der Waals surface area contributed by atoms with Crippen LogP contribution in [0.4, 0.5) is 5.82 Å². The van der Waals surface area contributed by atoms with Crippen molar-refractivity contribution in [3.8, 4) is 0 Å². The van der Waals surface area contributed by atoms with Crippen molar-refractivity contribution in [2.75, 3.05) is 19.0 Å². The van der Waals surface area contributed by atoms with Crippen LogP contribution < -0.4 is 5.32 Å². The maximum absolute atomic E-state index is 13.5. The summed E-state index contributed by atoms with van der Waals surface area (Å²) in [5, 5.41) is 3.07.